The van der Waals surface area contributed by atoms with Crippen molar-refractivity contribution in [3.05, 3.63) is 35.9 Å². The highest BCUT2D eigenvalue weighted by atomic mass is 35.6. The van der Waals surface area contributed by atoms with Gasteiger partial charge >= 0.3 is 0 Å². The van der Waals surface area contributed by atoms with Gasteiger partial charge in [-0.3, -0.25) is 0 Å². The lowest BCUT2D eigenvalue weighted by molar-refractivity contribution is 0.199. The van der Waals surface area contributed by atoms with Crippen molar-refractivity contribution in [3.8, 4) is 0 Å². The molecule has 1 aromatic rings. The molecule has 14 heavy (non-hydrogen) atoms. The first-order chi connectivity index (χ1) is 6.72. The first-order valence-electron chi connectivity index (χ1n) is 4.57. The zero-order valence-electron chi connectivity index (χ0n) is 8.29. The molecular weight excluding hydrogens is 235 g/mol. The third kappa shape index (κ3) is 7.39. The molecule has 1 aromatic carbocycles. The Kier molecular flexibility index (Phi) is 9.51. The highest BCUT2D eigenvalue weighted by Gasteiger charge is 1.95. The Hall–Kier alpha value is -0.0231. The molecule has 0 spiro atoms. The minimum atomic E-state index is -0.341. The van der Waals surface area contributed by atoms with Gasteiger partial charge in [0.2, 0.25) is 0 Å². The van der Waals surface area contributed by atoms with E-state index >= 15 is 0 Å². The van der Waals surface area contributed by atoms with E-state index in [0.717, 1.165) is 17.5 Å². The van der Waals surface area contributed by atoms with Crippen molar-refractivity contribution in [2.45, 2.75) is 19.1 Å². The Balaban J connectivity index is 0.000000292. The molecule has 4 heteroatoms. The van der Waals surface area contributed by atoms with E-state index in [4.69, 9.17) is 27.8 Å². The summed E-state index contributed by atoms with van der Waals surface area (Å²) < 4.78 is 0. The van der Waals surface area contributed by atoms with Crippen LogP contribution < -0.4 is 0 Å². The summed E-state index contributed by atoms with van der Waals surface area (Å²) in [6.07, 6.45) is -0.341. The summed E-state index contributed by atoms with van der Waals surface area (Å²) in [5.74, 6) is 0.746. The van der Waals surface area contributed by atoms with E-state index in [1.54, 1.807) is 6.92 Å². The second-order valence-electron chi connectivity index (χ2n) is 2.82. The number of alkyl halides is 1. The van der Waals surface area contributed by atoms with Crippen molar-refractivity contribution in [2.75, 3.05) is 5.88 Å². The van der Waals surface area contributed by atoms with Crippen molar-refractivity contribution in [2.24, 2.45) is 0 Å². The second-order valence-corrected chi connectivity index (χ2v) is 5.42. The largest absolute Gasteiger partial charge is 0.389 e. The van der Waals surface area contributed by atoms with Gasteiger partial charge in [-0.15, -0.1) is 11.6 Å². The number of rotatable bonds is 3. The topological polar surface area (TPSA) is 20.2 Å². The van der Waals surface area contributed by atoms with Crippen molar-refractivity contribution in [1.82, 2.24) is 0 Å². The maximum atomic E-state index is 9.02. The molecule has 0 aromatic heterocycles. The van der Waals surface area contributed by atoms with Crippen LogP contribution in [0.15, 0.2) is 30.3 Å². The minimum Gasteiger partial charge on any atom is -0.389 e. The molecular formula is C10H16Cl2OSi. The zero-order valence-corrected chi connectivity index (χ0v) is 11.2. The molecule has 0 aliphatic rings. The van der Waals surface area contributed by atoms with Crippen LogP contribution in [-0.2, 0) is 0 Å². The van der Waals surface area contributed by atoms with Crippen LogP contribution in [0.3, 0.4) is 0 Å². The van der Waals surface area contributed by atoms with Crippen molar-refractivity contribution >= 4 is 31.5 Å². The van der Waals surface area contributed by atoms with Gasteiger partial charge in [-0.1, -0.05) is 30.3 Å². The first kappa shape index (κ1) is 14.0. The fourth-order valence-electron chi connectivity index (χ4n) is 0.782. The fourth-order valence-corrected chi connectivity index (χ4v) is 2.10. The van der Waals surface area contributed by atoms with Crippen LogP contribution in [0.2, 0.25) is 6.04 Å². The summed E-state index contributed by atoms with van der Waals surface area (Å²) in [6.45, 7) is 1.76. The molecule has 1 nitrogen and oxygen atoms in total. The van der Waals surface area contributed by atoms with E-state index < -0.39 is 0 Å². The summed E-state index contributed by atoms with van der Waals surface area (Å²) in [5.41, 5.74) is 0.970. The lowest BCUT2D eigenvalue weighted by Gasteiger charge is -2.00. The molecule has 0 saturated heterocycles. The maximum absolute atomic E-state index is 9.02. The summed E-state index contributed by atoms with van der Waals surface area (Å²) in [5, 5.41) is 9.02. The average Bonchev–Trinajstić information content (AvgIpc) is 2.21. The second kappa shape index (κ2) is 9.53. The van der Waals surface area contributed by atoms with E-state index in [1.165, 1.54) is 0 Å². The Morgan fingerprint density at radius 3 is 2.14 bits per heavy atom. The van der Waals surface area contributed by atoms with Gasteiger partial charge in [0.15, 0.2) is 0 Å². The van der Waals surface area contributed by atoms with Gasteiger partial charge in [-0.2, -0.15) is 11.1 Å². The van der Waals surface area contributed by atoms with Crippen LogP contribution in [0.5, 0.6) is 0 Å². The third-order valence-corrected chi connectivity index (χ3v) is 3.69. The van der Waals surface area contributed by atoms with E-state index in [2.05, 4.69) is 0 Å². The molecule has 0 saturated carbocycles. The highest BCUT2D eigenvalue weighted by molar-refractivity contribution is 6.93. The number of halogens is 2. The average molecular weight is 251 g/mol. The molecule has 0 heterocycles. The molecule has 0 aliphatic carbocycles. The van der Waals surface area contributed by atoms with Gasteiger partial charge in [0.1, 0.15) is 8.83 Å². The number of hydrogen-bond donors (Lipinski definition) is 1. The van der Waals surface area contributed by atoms with E-state index in [0.29, 0.717) is 0 Å². The predicted octanol–water partition coefficient (Wildman–Crippen LogP) is 2.71. The molecule has 0 aliphatic heterocycles. The van der Waals surface area contributed by atoms with Gasteiger partial charge in [-0.05, 0) is 18.5 Å². The predicted molar refractivity (Wildman–Crippen MR) is 67.0 cm³/mol. The van der Waals surface area contributed by atoms with E-state index in [1.807, 2.05) is 30.3 Å². The smallest absolute Gasteiger partial charge is 0.126 e. The SMILES string of the molecule is CC(O)c1ccccc1.ClCC[SiH2]Cl. The number of benzene rings is 1. The molecule has 80 valence electrons. The lowest BCUT2D eigenvalue weighted by Crippen LogP contribution is -1.87. The van der Waals surface area contributed by atoms with Crippen LogP contribution in [0.4, 0.5) is 0 Å². The van der Waals surface area contributed by atoms with Crippen molar-refractivity contribution in [1.29, 1.82) is 0 Å². The summed E-state index contributed by atoms with van der Waals surface area (Å²) in [7, 11) is -0.246. The molecule has 1 rings (SSSR count). The number of hydrogen-bond acceptors (Lipinski definition) is 1. The maximum Gasteiger partial charge on any atom is 0.126 e. The lowest BCUT2D eigenvalue weighted by atomic mass is 10.1. The van der Waals surface area contributed by atoms with Crippen LogP contribution in [-0.4, -0.2) is 19.8 Å². The Labute approximate surface area is 97.6 Å². The summed E-state index contributed by atoms with van der Waals surface area (Å²) in [6, 6.07) is 10.6. The Morgan fingerprint density at radius 1 is 1.36 bits per heavy atom. The number of aliphatic hydroxyl groups is 1. The van der Waals surface area contributed by atoms with Crippen molar-refractivity contribution in [3.63, 3.8) is 0 Å². The standard InChI is InChI=1S/C8H10O.C2H6Cl2Si/c1-7(9)8-5-3-2-4-6-8;3-1-2-5-4/h2-7,9H,1H3;1-2,5H2. The minimum absolute atomic E-state index is 0.246. The molecule has 1 N–H and O–H groups in total. The third-order valence-electron chi connectivity index (χ3n) is 1.55. The molecule has 0 bridgehead atoms. The fraction of sp³-hybridized carbons (Fsp3) is 0.400. The molecule has 0 fully saturated rings. The zero-order chi connectivity index (χ0) is 10.8. The van der Waals surface area contributed by atoms with Gasteiger partial charge in [0.05, 0.1) is 6.10 Å². The van der Waals surface area contributed by atoms with Gasteiger partial charge in [-0.25, -0.2) is 0 Å². The van der Waals surface area contributed by atoms with Crippen LogP contribution in [0.1, 0.15) is 18.6 Å². The molecule has 0 amide bonds. The molecule has 1 unspecified atom stereocenters. The Bertz CT molecular complexity index is 215. The van der Waals surface area contributed by atoms with Crippen LogP contribution in [0.25, 0.3) is 0 Å². The normalized spacial score (nSPS) is 12.3. The van der Waals surface area contributed by atoms with Gasteiger partial charge < -0.3 is 5.11 Å². The summed E-state index contributed by atoms with van der Waals surface area (Å²) >= 11 is 10.6. The van der Waals surface area contributed by atoms with Crippen LogP contribution in [0, 0.1) is 0 Å². The number of aliphatic hydroxyl groups excluding tert-OH is 1. The molecule has 0 radical (unpaired) electrons. The van der Waals surface area contributed by atoms with E-state index in [-0.39, 0.29) is 14.9 Å². The molecule has 1 atom stereocenters. The highest BCUT2D eigenvalue weighted by Crippen LogP contribution is 2.09. The monoisotopic (exact) mass is 250 g/mol. The Morgan fingerprint density at radius 2 is 1.93 bits per heavy atom. The first-order valence-corrected chi connectivity index (χ1v) is 8.24. The van der Waals surface area contributed by atoms with Crippen LogP contribution >= 0.6 is 22.7 Å². The quantitative estimate of drug-likeness (QED) is 0.497. The van der Waals surface area contributed by atoms with E-state index in [9.17, 15) is 0 Å². The summed E-state index contributed by atoms with van der Waals surface area (Å²) in [4.78, 5) is 0. The van der Waals surface area contributed by atoms with Gasteiger partial charge in [0.25, 0.3) is 0 Å². The van der Waals surface area contributed by atoms with Gasteiger partial charge in [0, 0.05) is 5.88 Å². The van der Waals surface area contributed by atoms with Crippen molar-refractivity contribution < 1.29 is 5.11 Å².